The molecule has 6 heteroatoms. The molecular weight excluding hydrogens is 334 g/mol. The molecule has 0 saturated carbocycles. The lowest BCUT2D eigenvalue weighted by Gasteiger charge is -2.21. The lowest BCUT2D eigenvalue weighted by molar-refractivity contribution is -0.148. The zero-order valence-corrected chi connectivity index (χ0v) is 14.1. The molecule has 3 rings (SSSR count). The Morgan fingerprint density at radius 2 is 1.65 bits per heavy atom. The molecule has 1 saturated heterocycles. The molecular formula is C20H19NO5. The number of likely N-dealkylation sites (tertiary alicyclic amines) is 1. The van der Waals surface area contributed by atoms with Crippen LogP contribution in [0.15, 0.2) is 54.6 Å². The fraction of sp³-hybridized carbons (Fsp3) is 0.250. The van der Waals surface area contributed by atoms with Gasteiger partial charge in [-0.1, -0.05) is 30.3 Å². The standard InChI is InChI=1S/C20H19NO5/c22-18(21-12-4-7-17(21)20(24)25)13-26-16-10-8-15(9-11-16)19(23)14-5-2-1-3-6-14/h1-3,5-6,8-11,17H,4,7,12-13H2,(H,24,25)/t17-/m0/s1. The maximum atomic E-state index is 12.3. The van der Waals surface area contributed by atoms with Crippen molar-refractivity contribution in [3.63, 3.8) is 0 Å². The monoisotopic (exact) mass is 353 g/mol. The van der Waals surface area contributed by atoms with E-state index in [1.54, 1.807) is 48.5 Å². The largest absolute Gasteiger partial charge is 0.484 e. The van der Waals surface area contributed by atoms with Gasteiger partial charge in [-0.15, -0.1) is 0 Å². The van der Waals surface area contributed by atoms with Crippen molar-refractivity contribution in [2.24, 2.45) is 0 Å². The minimum absolute atomic E-state index is 0.0883. The lowest BCUT2D eigenvalue weighted by atomic mass is 10.0. The number of aliphatic carboxylic acids is 1. The maximum Gasteiger partial charge on any atom is 0.326 e. The van der Waals surface area contributed by atoms with Gasteiger partial charge in [0.15, 0.2) is 12.4 Å². The second-order valence-electron chi connectivity index (χ2n) is 6.09. The Morgan fingerprint density at radius 1 is 1.00 bits per heavy atom. The van der Waals surface area contributed by atoms with Crippen LogP contribution in [0, 0.1) is 0 Å². The predicted molar refractivity (Wildman–Crippen MR) is 94.2 cm³/mol. The summed E-state index contributed by atoms with van der Waals surface area (Å²) < 4.78 is 5.45. The van der Waals surface area contributed by atoms with Crippen LogP contribution >= 0.6 is 0 Å². The molecule has 1 amide bonds. The highest BCUT2D eigenvalue weighted by atomic mass is 16.5. The van der Waals surface area contributed by atoms with Gasteiger partial charge in [-0.3, -0.25) is 9.59 Å². The lowest BCUT2D eigenvalue weighted by Crippen LogP contribution is -2.42. The molecule has 0 aromatic heterocycles. The summed E-state index contributed by atoms with van der Waals surface area (Å²) in [6, 6.07) is 14.7. The van der Waals surface area contributed by atoms with Crippen molar-refractivity contribution in [3.8, 4) is 5.75 Å². The summed E-state index contributed by atoms with van der Waals surface area (Å²) in [5.41, 5.74) is 1.13. The predicted octanol–water partition coefficient (Wildman–Crippen LogP) is 2.37. The van der Waals surface area contributed by atoms with E-state index in [9.17, 15) is 14.4 Å². The van der Waals surface area contributed by atoms with Crippen molar-refractivity contribution in [3.05, 3.63) is 65.7 Å². The number of hydrogen-bond acceptors (Lipinski definition) is 4. The summed E-state index contributed by atoms with van der Waals surface area (Å²) in [4.78, 5) is 37.0. The van der Waals surface area contributed by atoms with Crippen molar-refractivity contribution in [2.45, 2.75) is 18.9 Å². The second-order valence-corrected chi connectivity index (χ2v) is 6.09. The Kier molecular flexibility index (Phi) is 5.31. The molecule has 2 aromatic rings. The van der Waals surface area contributed by atoms with Gasteiger partial charge < -0.3 is 14.7 Å². The zero-order valence-electron chi connectivity index (χ0n) is 14.1. The topological polar surface area (TPSA) is 83.9 Å². The number of carboxylic acid groups (broad SMARTS) is 1. The Hall–Kier alpha value is -3.15. The van der Waals surface area contributed by atoms with Crippen LogP contribution in [0.25, 0.3) is 0 Å². The van der Waals surface area contributed by atoms with E-state index in [1.807, 2.05) is 6.07 Å². The van der Waals surface area contributed by atoms with Gasteiger partial charge >= 0.3 is 5.97 Å². The quantitative estimate of drug-likeness (QED) is 0.806. The van der Waals surface area contributed by atoms with Gasteiger partial charge in [-0.05, 0) is 37.1 Å². The van der Waals surface area contributed by atoms with Crippen molar-refractivity contribution in [1.82, 2.24) is 4.90 Å². The molecule has 134 valence electrons. The molecule has 0 bridgehead atoms. The number of carbonyl (C=O) groups excluding carboxylic acids is 2. The molecule has 1 fully saturated rings. The Morgan fingerprint density at radius 3 is 2.31 bits per heavy atom. The molecule has 0 spiro atoms. The van der Waals surface area contributed by atoms with Crippen molar-refractivity contribution < 1.29 is 24.2 Å². The summed E-state index contributed by atoms with van der Waals surface area (Å²) in [5.74, 6) is -0.970. The van der Waals surface area contributed by atoms with Crippen molar-refractivity contribution in [2.75, 3.05) is 13.2 Å². The number of hydrogen-bond donors (Lipinski definition) is 1. The van der Waals surface area contributed by atoms with E-state index in [0.717, 1.165) is 0 Å². The van der Waals surface area contributed by atoms with Crippen molar-refractivity contribution >= 4 is 17.7 Å². The highest BCUT2D eigenvalue weighted by Crippen LogP contribution is 2.19. The molecule has 1 aliphatic heterocycles. The van der Waals surface area contributed by atoms with Gasteiger partial charge in [0, 0.05) is 17.7 Å². The van der Waals surface area contributed by atoms with Crippen LogP contribution in [-0.4, -0.2) is 46.9 Å². The van der Waals surface area contributed by atoms with E-state index in [1.165, 1.54) is 4.90 Å². The van der Waals surface area contributed by atoms with Crippen molar-refractivity contribution in [1.29, 1.82) is 0 Å². The fourth-order valence-electron chi connectivity index (χ4n) is 3.01. The van der Waals surface area contributed by atoms with Crippen LogP contribution in [0.5, 0.6) is 5.75 Å². The van der Waals surface area contributed by atoms with Gasteiger partial charge in [0.05, 0.1) is 0 Å². The first-order valence-electron chi connectivity index (χ1n) is 8.41. The van der Waals surface area contributed by atoms with Crippen LogP contribution in [0.4, 0.5) is 0 Å². The molecule has 1 N–H and O–H groups in total. The first-order valence-corrected chi connectivity index (χ1v) is 8.41. The van der Waals surface area contributed by atoms with E-state index in [2.05, 4.69) is 0 Å². The second kappa shape index (κ2) is 7.82. The summed E-state index contributed by atoms with van der Waals surface area (Å²) in [6.07, 6.45) is 1.15. The number of carboxylic acids is 1. The summed E-state index contributed by atoms with van der Waals surface area (Å²) in [6.45, 7) is 0.208. The van der Waals surface area contributed by atoms with Crippen LogP contribution in [0.2, 0.25) is 0 Å². The fourth-order valence-corrected chi connectivity index (χ4v) is 3.01. The van der Waals surface area contributed by atoms with Crippen LogP contribution in [-0.2, 0) is 9.59 Å². The van der Waals surface area contributed by atoms with Gasteiger partial charge in [-0.2, -0.15) is 0 Å². The Bertz CT molecular complexity index is 801. The average Bonchev–Trinajstić information content (AvgIpc) is 3.17. The number of carbonyl (C=O) groups is 3. The van der Waals surface area contributed by atoms with E-state index in [-0.39, 0.29) is 18.3 Å². The molecule has 0 aliphatic carbocycles. The molecule has 0 radical (unpaired) electrons. The third-order valence-electron chi connectivity index (χ3n) is 4.37. The number of ketones is 1. The summed E-state index contributed by atoms with van der Waals surface area (Å²) in [7, 11) is 0. The normalized spacial score (nSPS) is 16.3. The molecule has 2 aromatic carbocycles. The minimum atomic E-state index is -0.986. The highest BCUT2D eigenvalue weighted by Gasteiger charge is 2.33. The smallest absolute Gasteiger partial charge is 0.326 e. The first-order chi connectivity index (χ1) is 12.6. The van der Waals surface area contributed by atoms with E-state index >= 15 is 0 Å². The number of benzene rings is 2. The molecule has 0 unspecified atom stereocenters. The molecule has 1 aliphatic rings. The van der Waals surface area contributed by atoms with Gasteiger partial charge in [-0.25, -0.2) is 4.79 Å². The molecule has 26 heavy (non-hydrogen) atoms. The minimum Gasteiger partial charge on any atom is -0.484 e. The third kappa shape index (κ3) is 3.91. The number of ether oxygens (including phenoxy) is 1. The van der Waals surface area contributed by atoms with Gasteiger partial charge in [0.25, 0.3) is 5.91 Å². The zero-order chi connectivity index (χ0) is 18.5. The number of nitrogens with zero attached hydrogens (tertiary/aromatic N) is 1. The molecule has 1 atom stereocenters. The highest BCUT2D eigenvalue weighted by molar-refractivity contribution is 6.09. The van der Waals surface area contributed by atoms with Crippen LogP contribution < -0.4 is 4.74 Å². The van der Waals surface area contributed by atoms with E-state index in [4.69, 9.17) is 9.84 Å². The summed E-state index contributed by atoms with van der Waals surface area (Å²) >= 11 is 0. The van der Waals surface area contributed by atoms with Crippen LogP contribution in [0.3, 0.4) is 0 Å². The van der Waals surface area contributed by atoms with E-state index < -0.39 is 12.0 Å². The summed E-state index contributed by atoms with van der Waals surface area (Å²) in [5, 5.41) is 9.13. The van der Waals surface area contributed by atoms with Crippen LogP contribution in [0.1, 0.15) is 28.8 Å². The van der Waals surface area contributed by atoms with E-state index in [0.29, 0.717) is 36.3 Å². The Balaban J connectivity index is 1.59. The SMILES string of the molecule is O=C(c1ccccc1)c1ccc(OCC(=O)N2CCC[C@H]2C(=O)O)cc1. The molecule has 6 nitrogen and oxygen atoms in total. The third-order valence-corrected chi connectivity index (χ3v) is 4.37. The molecule has 1 heterocycles. The van der Waals surface area contributed by atoms with Gasteiger partial charge in [0.1, 0.15) is 11.8 Å². The first kappa shape index (κ1) is 17.7. The number of amides is 1. The Labute approximate surface area is 151 Å². The average molecular weight is 353 g/mol. The van der Waals surface area contributed by atoms with Gasteiger partial charge in [0.2, 0.25) is 0 Å². The maximum absolute atomic E-state index is 12.3. The number of rotatable bonds is 6.